The van der Waals surface area contributed by atoms with Crippen LogP contribution in [-0.2, 0) is 28.5 Å². The highest BCUT2D eigenvalue weighted by molar-refractivity contribution is 5.80. The van der Waals surface area contributed by atoms with Crippen molar-refractivity contribution in [3.63, 3.8) is 0 Å². The summed E-state index contributed by atoms with van der Waals surface area (Å²) in [6, 6.07) is 0. The first-order valence-electron chi connectivity index (χ1n) is 10.0. The molecule has 0 aromatic heterocycles. The van der Waals surface area contributed by atoms with Gasteiger partial charge < -0.3 is 24.1 Å². The van der Waals surface area contributed by atoms with Crippen LogP contribution < -0.4 is 0 Å². The molecular formula is C20H28O7. The Balaban J connectivity index is 1.61. The average molecular weight is 380 g/mol. The Labute approximate surface area is 158 Å². The van der Waals surface area contributed by atoms with Crippen LogP contribution in [0.15, 0.2) is 0 Å². The van der Waals surface area contributed by atoms with E-state index in [-0.39, 0.29) is 36.3 Å². The lowest BCUT2D eigenvalue weighted by Gasteiger charge is -2.53. The number of carbonyl (C=O) groups is 2. The van der Waals surface area contributed by atoms with E-state index in [1.165, 1.54) is 0 Å². The lowest BCUT2D eigenvalue weighted by molar-refractivity contribution is -0.192. The Bertz CT molecular complexity index is 736. The highest BCUT2D eigenvalue weighted by Crippen LogP contribution is 2.79. The molecule has 5 rings (SSSR count). The van der Waals surface area contributed by atoms with Gasteiger partial charge in [-0.15, -0.1) is 0 Å². The van der Waals surface area contributed by atoms with Crippen LogP contribution in [-0.4, -0.2) is 52.3 Å². The molecule has 0 amide bonds. The fourth-order valence-electron chi connectivity index (χ4n) is 6.34. The van der Waals surface area contributed by atoms with E-state index in [1.54, 1.807) is 6.92 Å². The van der Waals surface area contributed by atoms with E-state index in [0.717, 1.165) is 0 Å². The molecule has 0 radical (unpaired) electrons. The van der Waals surface area contributed by atoms with Crippen LogP contribution >= 0.6 is 0 Å². The van der Waals surface area contributed by atoms with Crippen molar-refractivity contribution in [2.75, 3.05) is 0 Å². The van der Waals surface area contributed by atoms with Gasteiger partial charge in [0.1, 0.15) is 11.7 Å². The Kier molecular flexibility index (Phi) is 3.22. The Morgan fingerprint density at radius 1 is 1.37 bits per heavy atom. The summed E-state index contributed by atoms with van der Waals surface area (Å²) in [5.41, 5.74) is -2.25. The standard InChI is InChI=1S/C20H28O7/c1-9(2)6-14(22)24-16-17(5)10(3)12(21)7-13-18(17,25-13)8-19-20(16,27-19)11(4)15(23)26-19/h9-13,16,21H,6-8H2,1-5H3. The molecule has 0 aromatic carbocycles. The van der Waals surface area contributed by atoms with Crippen molar-refractivity contribution in [3.05, 3.63) is 0 Å². The van der Waals surface area contributed by atoms with Gasteiger partial charge in [-0.3, -0.25) is 9.59 Å². The van der Waals surface area contributed by atoms with Crippen molar-refractivity contribution >= 4 is 11.9 Å². The lowest BCUT2D eigenvalue weighted by Crippen LogP contribution is -2.68. The van der Waals surface area contributed by atoms with Crippen molar-refractivity contribution in [3.8, 4) is 0 Å². The van der Waals surface area contributed by atoms with Crippen molar-refractivity contribution < 1.29 is 33.6 Å². The topological polar surface area (TPSA) is 97.9 Å². The minimum atomic E-state index is -1.07. The fraction of sp³-hybridized carbons (Fsp3) is 0.900. The lowest BCUT2D eigenvalue weighted by atomic mass is 9.50. The van der Waals surface area contributed by atoms with Crippen LogP contribution in [0, 0.1) is 23.2 Å². The molecule has 27 heavy (non-hydrogen) atoms. The number of epoxide rings is 2. The normalized spacial score (nSPS) is 57.1. The quantitative estimate of drug-likeness (QED) is 0.586. The van der Waals surface area contributed by atoms with Gasteiger partial charge in [-0.2, -0.15) is 0 Å². The van der Waals surface area contributed by atoms with Crippen molar-refractivity contribution in [1.82, 2.24) is 0 Å². The van der Waals surface area contributed by atoms with Gasteiger partial charge in [0.05, 0.1) is 18.1 Å². The van der Waals surface area contributed by atoms with Crippen LogP contribution in [0.4, 0.5) is 0 Å². The molecule has 3 heterocycles. The number of carbonyl (C=O) groups excluding carboxylic acids is 2. The van der Waals surface area contributed by atoms with Gasteiger partial charge >= 0.3 is 11.9 Å². The van der Waals surface area contributed by atoms with Crippen LogP contribution in [0.5, 0.6) is 0 Å². The van der Waals surface area contributed by atoms with Gasteiger partial charge in [0, 0.05) is 24.7 Å². The SMILES string of the molecule is CC(C)CC(=O)OC1C2(C)C(C)C(O)CC3OC32CC23OC(=O)C(C)C12O3. The fourth-order valence-corrected chi connectivity index (χ4v) is 6.34. The highest BCUT2D eigenvalue weighted by Gasteiger charge is 2.97. The molecule has 9 atom stereocenters. The summed E-state index contributed by atoms with van der Waals surface area (Å²) in [4.78, 5) is 25.1. The third-order valence-electron chi connectivity index (χ3n) is 8.11. The molecule has 2 saturated carbocycles. The first-order valence-corrected chi connectivity index (χ1v) is 10.0. The predicted molar refractivity (Wildman–Crippen MR) is 91.3 cm³/mol. The molecule has 1 N–H and O–H groups in total. The zero-order valence-electron chi connectivity index (χ0n) is 16.5. The molecule has 5 fully saturated rings. The van der Waals surface area contributed by atoms with Crippen LogP contribution in [0.2, 0.25) is 0 Å². The van der Waals surface area contributed by atoms with Crippen LogP contribution in [0.1, 0.15) is 53.9 Å². The second-order valence-electron chi connectivity index (χ2n) is 9.81. The zero-order valence-corrected chi connectivity index (χ0v) is 16.5. The van der Waals surface area contributed by atoms with E-state index in [0.29, 0.717) is 12.8 Å². The number of hydrogen-bond acceptors (Lipinski definition) is 7. The van der Waals surface area contributed by atoms with Crippen molar-refractivity contribution in [2.45, 2.75) is 89.2 Å². The highest BCUT2D eigenvalue weighted by atomic mass is 16.8. The number of rotatable bonds is 3. The van der Waals surface area contributed by atoms with Gasteiger partial charge in [0.2, 0.25) is 0 Å². The maximum Gasteiger partial charge on any atom is 0.314 e. The number of hydrogen-bond donors (Lipinski definition) is 1. The summed E-state index contributed by atoms with van der Waals surface area (Å²) in [6.45, 7) is 9.68. The van der Waals surface area contributed by atoms with Crippen molar-refractivity contribution in [1.29, 1.82) is 0 Å². The second kappa shape index (κ2) is 4.86. The molecular weight excluding hydrogens is 352 g/mol. The first kappa shape index (κ1) is 17.9. The summed E-state index contributed by atoms with van der Waals surface area (Å²) in [5, 5.41) is 10.7. The molecule has 7 nitrogen and oxygen atoms in total. The number of esters is 2. The second-order valence-corrected chi connectivity index (χ2v) is 9.81. The molecule has 3 aliphatic heterocycles. The summed E-state index contributed by atoms with van der Waals surface area (Å²) in [7, 11) is 0. The maximum absolute atomic E-state index is 12.7. The molecule has 7 heteroatoms. The first-order chi connectivity index (χ1) is 12.5. The van der Waals surface area contributed by atoms with Crippen LogP contribution in [0.25, 0.3) is 0 Å². The smallest absolute Gasteiger partial charge is 0.314 e. The Hall–Kier alpha value is -1.18. The number of aliphatic hydroxyl groups is 1. The van der Waals surface area contributed by atoms with E-state index >= 15 is 0 Å². The summed E-state index contributed by atoms with van der Waals surface area (Å²) in [5.74, 6) is -2.26. The number of aliphatic hydroxyl groups excluding tert-OH is 1. The molecule has 0 aromatic rings. The summed E-state index contributed by atoms with van der Waals surface area (Å²) >= 11 is 0. The number of ether oxygens (including phenoxy) is 4. The monoisotopic (exact) mass is 380 g/mol. The zero-order chi connectivity index (χ0) is 19.6. The van der Waals surface area contributed by atoms with E-state index in [4.69, 9.17) is 18.9 Å². The van der Waals surface area contributed by atoms with Crippen LogP contribution in [0.3, 0.4) is 0 Å². The summed E-state index contributed by atoms with van der Waals surface area (Å²) in [6.07, 6.45) is -0.138. The van der Waals surface area contributed by atoms with E-state index in [2.05, 4.69) is 0 Å². The van der Waals surface area contributed by atoms with Gasteiger partial charge in [-0.1, -0.05) is 27.7 Å². The van der Waals surface area contributed by atoms with Crippen molar-refractivity contribution in [2.24, 2.45) is 23.2 Å². The Morgan fingerprint density at radius 3 is 2.74 bits per heavy atom. The van der Waals surface area contributed by atoms with E-state index in [1.807, 2.05) is 27.7 Å². The molecule has 2 aliphatic carbocycles. The minimum absolute atomic E-state index is 0.133. The maximum atomic E-state index is 12.7. The molecule has 1 spiro atoms. The largest absolute Gasteiger partial charge is 0.458 e. The third-order valence-corrected chi connectivity index (χ3v) is 8.11. The van der Waals surface area contributed by atoms with E-state index < -0.39 is 40.5 Å². The predicted octanol–water partition coefficient (Wildman–Crippen LogP) is 1.55. The molecule has 5 aliphatic rings. The van der Waals surface area contributed by atoms with Gasteiger partial charge in [0.15, 0.2) is 5.60 Å². The van der Waals surface area contributed by atoms with Gasteiger partial charge in [0.25, 0.3) is 5.79 Å². The molecule has 9 unspecified atom stereocenters. The molecule has 0 bridgehead atoms. The van der Waals surface area contributed by atoms with E-state index in [9.17, 15) is 14.7 Å². The minimum Gasteiger partial charge on any atom is -0.458 e. The molecule has 3 saturated heterocycles. The third kappa shape index (κ3) is 1.80. The average Bonchev–Trinajstić information content (AvgIpc) is 3.41. The van der Waals surface area contributed by atoms with Gasteiger partial charge in [-0.05, 0) is 18.8 Å². The Morgan fingerprint density at radius 2 is 2.07 bits per heavy atom. The summed E-state index contributed by atoms with van der Waals surface area (Å²) < 4.78 is 24.0. The van der Waals surface area contributed by atoms with Gasteiger partial charge in [-0.25, -0.2) is 0 Å². The molecule has 150 valence electrons.